The minimum absolute atomic E-state index is 0.302. The number of rotatable bonds is 1. The lowest BCUT2D eigenvalue weighted by atomic mass is 10.1. The quantitative estimate of drug-likeness (QED) is 0.780. The highest BCUT2D eigenvalue weighted by atomic mass is 35.5. The Balaban J connectivity index is 2.10. The molecule has 0 amide bonds. The summed E-state index contributed by atoms with van der Waals surface area (Å²) in [7, 11) is 0. The largest absolute Gasteiger partial charge is 0.417 e. The van der Waals surface area contributed by atoms with Crippen LogP contribution < -0.4 is 0 Å². The first-order valence-electron chi connectivity index (χ1n) is 6.32. The van der Waals surface area contributed by atoms with E-state index in [-0.39, 0.29) is 11.3 Å². The normalized spacial score (nSPS) is 20.5. The fraction of sp³-hybridized carbons (Fsp3) is 0.462. The van der Waals surface area contributed by atoms with Crippen LogP contribution in [-0.4, -0.2) is 16.4 Å². The number of benzene rings is 1. The lowest BCUT2D eigenvalue weighted by Gasteiger charge is -2.23. The van der Waals surface area contributed by atoms with Gasteiger partial charge in [-0.05, 0) is 31.4 Å². The Kier molecular flexibility index (Phi) is 3.38. The second-order valence-corrected chi connectivity index (χ2v) is 5.21. The molecule has 0 bridgehead atoms. The molecule has 2 aromatic rings. The second-order valence-electron chi connectivity index (χ2n) is 4.80. The molecule has 0 spiro atoms. The van der Waals surface area contributed by atoms with Gasteiger partial charge in [0, 0.05) is 12.0 Å². The predicted molar refractivity (Wildman–Crippen MR) is 68.6 cm³/mol. The van der Waals surface area contributed by atoms with Crippen LogP contribution >= 0.6 is 11.6 Å². The van der Waals surface area contributed by atoms with Crippen molar-refractivity contribution in [2.75, 3.05) is 6.61 Å². The van der Waals surface area contributed by atoms with Crippen molar-refractivity contribution >= 4 is 22.5 Å². The van der Waals surface area contributed by atoms with Crippen molar-refractivity contribution < 1.29 is 17.9 Å². The predicted octanol–water partition coefficient (Wildman–Crippen LogP) is 4.41. The zero-order valence-corrected chi connectivity index (χ0v) is 11.2. The molecule has 3 rings (SSSR count). The van der Waals surface area contributed by atoms with Crippen LogP contribution in [0.1, 0.15) is 31.1 Å². The van der Waals surface area contributed by atoms with Gasteiger partial charge in [0.15, 0.2) is 6.23 Å². The van der Waals surface area contributed by atoms with E-state index in [0.29, 0.717) is 17.5 Å². The SMILES string of the molecule is FC(F)(F)c1cc2c(cnn2C2CCCCO2)cc1Cl. The van der Waals surface area contributed by atoms with E-state index in [1.165, 1.54) is 16.9 Å². The first kappa shape index (κ1) is 13.7. The van der Waals surface area contributed by atoms with Gasteiger partial charge in [0.05, 0.1) is 22.3 Å². The molecule has 3 nitrogen and oxygen atoms in total. The third kappa shape index (κ3) is 2.38. The van der Waals surface area contributed by atoms with Crippen molar-refractivity contribution in [2.24, 2.45) is 0 Å². The average molecular weight is 305 g/mol. The molecule has 0 aliphatic carbocycles. The Hall–Kier alpha value is -1.27. The summed E-state index contributed by atoms with van der Waals surface area (Å²) in [5.41, 5.74) is -0.446. The third-order valence-corrected chi connectivity index (χ3v) is 3.73. The van der Waals surface area contributed by atoms with Gasteiger partial charge in [-0.15, -0.1) is 0 Å². The molecular weight excluding hydrogens is 293 g/mol. The van der Waals surface area contributed by atoms with Gasteiger partial charge in [0.2, 0.25) is 0 Å². The molecule has 20 heavy (non-hydrogen) atoms. The first-order chi connectivity index (χ1) is 9.47. The number of nitrogens with zero attached hydrogens (tertiary/aromatic N) is 2. The van der Waals surface area contributed by atoms with Crippen LogP contribution in [0, 0.1) is 0 Å². The molecule has 1 unspecified atom stereocenters. The van der Waals surface area contributed by atoms with Gasteiger partial charge in [-0.2, -0.15) is 18.3 Å². The van der Waals surface area contributed by atoms with Gasteiger partial charge in [-0.3, -0.25) is 0 Å². The van der Waals surface area contributed by atoms with Crippen molar-refractivity contribution in [3.8, 4) is 0 Å². The topological polar surface area (TPSA) is 27.1 Å². The Labute approximate surface area is 118 Å². The van der Waals surface area contributed by atoms with E-state index in [2.05, 4.69) is 5.10 Å². The summed E-state index contributed by atoms with van der Waals surface area (Å²) in [4.78, 5) is 0. The number of hydrogen-bond acceptors (Lipinski definition) is 2. The molecule has 108 valence electrons. The Morgan fingerprint density at radius 1 is 1.30 bits per heavy atom. The lowest BCUT2D eigenvalue weighted by Crippen LogP contribution is -2.19. The number of halogens is 4. The van der Waals surface area contributed by atoms with Crippen molar-refractivity contribution in [3.05, 3.63) is 28.9 Å². The average Bonchev–Trinajstić information content (AvgIpc) is 2.80. The summed E-state index contributed by atoms with van der Waals surface area (Å²) in [6.45, 7) is 0.603. The summed E-state index contributed by atoms with van der Waals surface area (Å²) in [5, 5.41) is 4.42. The van der Waals surface area contributed by atoms with E-state index in [0.717, 1.165) is 25.3 Å². The van der Waals surface area contributed by atoms with E-state index < -0.39 is 11.7 Å². The Morgan fingerprint density at radius 3 is 2.75 bits per heavy atom. The number of ether oxygens (including phenoxy) is 1. The van der Waals surface area contributed by atoms with Crippen molar-refractivity contribution in [1.82, 2.24) is 9.78 Å². The summed E-state index contributed by atoms with van der Waals surface area (Å²) < 4.78 is 45.8. The second kappa shape index (κ2) is 4.93. The molecule has 0 N–H and O–H groups in total. The molecule has 1 aromatic heterocycles. The van der Waals surface area contributed by atoms with Crippen LogP contribution in [0.4, 0.5) is 13.2 Å². The molecule has 7 heteroatoms. The molecule has 1 aliphatic rings. The Morgan fingerprint density at radius 2 is 2.10 bits per heavy atom. The number of alkyl halides is 3. The minimum Gasteiger partial charge on any atom is -0.356 e. The zero-order valence-electron chi connectivity index (χ0n) is 10.5. The molecular formula is C13H12ClF3N2O. The van der Waals surface area contributed by atoms with E-state index in [4.69, 9.17) is 16.3 Å². The summed E-state index contributed by atoms with van der Waals surface area (Å²) in [6, 6.07) is 2.34. The van der Waals surface area contributed by atoms with Gasteiger partial charge >= 0.3 is 6.18 Å². The maximum atomic E-state index is 12.9. The molecule has 1 atom stereocenters. The van der Waals surface area contributed by atoms with E-state index in [9.17, 15) is 13.2 Å². The Bertz CT molecular complexity index is 632. The van der Waals surface area contributed by atoms with E-state index in [1.807, 2.05) is 0 Å². The summed E-state index contributed by atoms with van der Waals surface area (Å²) >= 11 is 5.69. The highest BCUT2D eigenvalue weighted by Gasteiger charge is 2.34. The number of fused-ring (bicyclic) bond motifs is 1. The monoisotopic (exact) mass is 304 g/mol. The third-order valence-electron chi connectivity index (χ3n) is 3.42. The summed E-state index contributed by atoms with van der Waals surface area (Å²) in [6.07, 6.45) is -0.571. The highest BCUT2D eigenvalue weighted by Crippen LogP contribution is 2.38. The highest BCUT2D eigenvalue weighted by molar-refractivity contribution is 6.32. The van der Waals surface area contributed by atoms with E-state index in [1.54, 1.807) is 0 Å². The van der Waals surface area contributed by atoms with E-state index >= 15 is 0 Å². The van der Waals surface area contributed by atoms with Crippen LogP contribution in [0.25, 0.3) is 10.9 Å². The van der Waals surface area contributed by atoms with Crippen LogP contribution in [0.3, 0.4) is 0 Å². The van der Waals surface area contributed by atoms with Crippen molar-refractivity contribution in [3.63, 3.8) is 0 Å². The first-order valence-corrected chi connectivity index (χ1v) is 6.70. The summed E-state index contributed by atoms with van der Waals surface area (Å²) in [5.74, 6) is 0. The van der Waals surface area contributed by atoms with Crippen LogP contribution in [0.5, 0.6) is 0 Å². The van der Waals surface area contributed by atoms with Crippen LogP contribution in [0.15, 0.2) is 18.3 Å². The molecule has 1 aromatic carbocycles. The lowest BCUT2D eigenvalue weighted by molar-refractivity contribution is -0.137. The minimum atomic E-state index is -4.48. The van der Waals surface area contributed by atoms with Gasteiger partial charge in [-0.25, -0.2) is 4.68 Å². The zero-order chi connectivity index (χ0) is 14.3. The molecule has 2 heterocycles. The standard InChI is InChI=1S/C13H12ClF3N2O/c14-10-5-8-7-18-19(12-3-1-2-4-20-12)11(8)6-9(10)13(15,16)17/h5-7,12H,1-4H2. The number of hydrogen-bond donors (Lipinski definition) is 0. The molecule has 0 radical (unpaired) electrons. The maximum Gasteiger partial charge on any atom is 0.417 e. The van der Waals surface area contributed by atoms with Crippen LogP contribution in [-0.2, 0) is 10.9 Å². The molecule has 1 saturated heterocycles. The molecule has 1 fully saturated rings. The van der Waals surface area contributed by atoms with Gasteiger partial charge in [0.25, 0.3) is 0 Å². The number of aromatic nitrogens is 2. The molecule has 0 saturated carbocycles. The van der Waals surface area contributed by atoms with Gasteiger partial charge in [-0.1, -0.05) is 11.6 Å². The van der Waals surface area contributed by atoms with Crippen molar-refractivity contribution in [2.45, 2.75) is 31.7 Å². The smallest absolute Gasteiger partial charge is 0.356 e. The molecule has 1 aliphatic heterocycles. The fourth-order valence-corrected chi connectivity index (χ4v) is 2.71. The van der Waals surface area contributed by atoms with Crippen LogP contribution in [0.2, 0.25) is 5.02 Å². The maximum absolute atomic E-state index is 12.9. The van der Waals surface area contributed by atoms with Gasteiger partial charge in [0.1, 0.15) is 0 Å². The van der Waals surface area contributed by atoms with Gasteiger partial charge < -0.3 is 4.74 Å². The fourth-order valence-electron chi connectivity index (χ4n) is 2.43. The van der Waals surface area contributed by atoms with Crippen molar-refractivity contribution in [1.29, 1.82) is 0 Å².